The zero-order chi connectivity index (χ0) is 20.4. The molecule has 1 aromatic carbocycles. The summed E-state index contributed by atoms with van der Waals surface area (Å²) in [5.41, 5.74) is -0.415. The van der Waals surface area contributed by atoms with Gasteiger partial charge in [-0.15, -0.1) is 5.10 Å². The number of ether oxygens (including phenoxy) is 1. The second kappa shape index (κ2) is 7.58. The van der Waals surface area contributed by atoms with Crippen LogP contribution in [0, 0.1) is 0 Å². The predicted molar refractivity (Wildman–Crippen MR) is 104 cm³/mol. The van der Waals surface area contributed by atoms with Crippen molar-refractivity contribution in [2.24, 2.45) is 0 Å². The van der Waals surface area contributed by atoms with Crippen LogP contribution in [0.5, 0.6) is 0 Å². The highest BCUT2D eigenvalue weighted by molar-refractivity contribution is 5.78. The number of aryl methyl sites for hydroxylation is 1. The number of aromatic amines is 1. The van der Waals surface area contributed by atoms with Crippen LogP contribution < -0.4 is 16.9 Å². The molecule has 0 bridgehead atoms. The summed E-state index contributed by atoms with van der Waals surface area (Å²) in [6.07, 6.45) is 1.55. The number of benzene rings is 1. The minimum Gasteiger partial charge on any atom is -0.464 e. The Kier molecular flexibility index (Phi) is 4.82. The molecule has 29 heavy (non-hydrogen) atoms. The maximum Gasteiger partial charge on any atom is 0.350 e. The van der Waals surface area contributed by atoms with Gasteiger partial charge in [0.2, 0.25) is 0 Å². The quantitative estimate of drug-likeness (QED) is 0.464. The van der Waals surface area contributed by atoms with Crippen LogP contribution in [-0.2, 0) is 22.6 Å². The third-order valence-corrected chi connectivity index (χ3v) is 4.50. The number of para-hydroxylation sites is 1. The molecule has 0 saturated heterocycles. The Morgan fingerprint density at radius 3 is 2.66 bits per heavy atom. The van der Waals surface area contributed by atoms with Crippen LogP contribution in [0.2, 0.25) is 0 Å². The SMILES string of the molecule is O=C(CCn1c(=O)[nH]c(=O)c2ccccc21)OCCn1nc2ccccn2c1=O. The number of hydrogen-bond acceptors (Lipinski definition) is 6. The van der Waals surface area contributed by atoms with E-state index >= 15 is 0 Å². The maximum atomic E-state index is 12.2. The monoisotopic (exact) mass is 395 g/mol. The number of rotatable bonds is 6. The molecule has 0 atom stereocenters. The molecule has 0 aliphatic carbocycles. The van der Waals surface area contributed by atoms with E-state index in [2.05, 4.69) is 10.1 Å². The van der Waals surface area contributed by atoms with E-state index in [0.29, 0.717) is 16.6 Å². The molecule has 0 aliphatic heterocycles. The zero-order valence-corrected chi connectivity index (χ0v) is 15.3. The van der Waals surface area contributed by atoms with Gasteiger partial charge >= 0.3 is 17.3 Å². The van der Waals surface area contributed by atoms with Crippen LogP contribution in [0.1, 0.15) is 6.42 Å². The lowest BCUT2D eigenvalue weighted by atomic mass is 10.2. The van der Waals surface area contributed by atoms with Gasteiger partial charge in [0.1, 0.15) is 6.61 Å². The van der Waals surface area contributed by atoms with Gasteiger partial charge in [0.25, 0.3) is 5.56 Å². The van der Waals surface area contributed by atoms with Crippen molar-refractivity contribution in [3.63, 3.8) is 0 Å². The fourth-order valence-electron chi connectivity index (χ4n) is 3.10. The van der Waals surface area contributed by atoms with Gasteiger partial charge in [0, 0.05) is 12.7 Å². The molecule has 10 heteroatoms. The van der Waals surface area contributed by atoms with Crippen molar-refractivity contribution in [2.45, 2.75) is 19.5 Å². The molecule has 4 rings (SSSR count). The van der Waals surface area contributed by atoms with E-state index in [4.69, 9.17) is 4.74 Å². The van der Waals surface area contributed by atoms with Crippen molar-refractivity contribution in [1.82, 2.24) is 23.7 Å². The highest BCUT2D eigenvalue weighted by Crippen LogP contribution is 2.07. The highest BCUT2D eigenvalue weighted by Gasteiger charge is 2.11. The Morgan fingerprint density at radius 1 is 1.03 bits per heavy atom. The van der Waals surface area contributed by atoms with Gasteiger partial charge in [-0.2, -0.15) is 0 Å². The lowest BCUT2D eigenvalue weighted by molar-refractivity contribution is -0.144. The highest BCUT2D eigenvalue weighted by atomic mass is 16.5. The van der Waals surface area contributed by atoms with E-state index in [-0.39, 0.29) is 31.8 Å². The molecule has 0 unspecified atom stereocenters. The van der Waals surface area contributed by atoms with Gasteiger partial charge in [0.05, 0.1) is 23.9 Å². The van der Waals surface area contributed by atoms with Gasteiger partial charge in [-0.1, -0.05) is 18.2 Å². The normalized spacial score (nSPS) is 11.2. The van der Waals surface area contributed by atoms with Gasteiger partial charge < -0.3 is 4.74 Å². The molecule has 1 N–H and O–H groups in total. The van der Waals surface area contributed by atoms with E-state index in [1.807, 2.05) is 0 Å². The average Bonchev–Trinajstić information content (AvgIpc) is 3.04. The van der Waals surface area contributed by atoms with Crippen molar-refractivity contribution in [3.05, 3.63) is 80.0 Å². The van der Waals surface area contributed by atoms with Gasteiger partial charge in [-0.3, -0.25) is 23.5 Å². The lowest BCUT2D eigenvalue weighted by Crippen LogP contribution is -2.31. The van der Waals surface area contributed by atoms with E-state index in [9.17, 15) is 19.2 Å². The van der Waals surface area contributed by atoms with Crippen LogP contribution in [0.3, 0.4) is 0 Å². The predicted octanol–water partition coefficient (Wildman–Crippen LogP) is 0.133. The summed E-state index contributed by atoms with van der Waals surface area (Å²) in [6.45, 7) is 0.154. The molecule has 0 spiro atoms. The van der Waals surface area contributed by atoms with E-state index < -0.39 is 17.2 Å². The number of nitrogens with one attached hydrogen (secondary N) is 1. The third kappa shape index (κ3) is 3.59. The van der Waals surface area contributed by atoms with Crippen LogP contribution >= 0.6 is 0 Å². The number of aromatic nitrogens is 5. The van der Waals surface area contributed by atoms with Crippen molar-refractivity contribution < 1.29 is 9.53 Å². The summed E-state index contributed by atoms with van der Waals surface area (Å²) in [5.74, 6) is -0.524. The largest absolute Gasteiger partial charge is 0.464 e. The van der Waals surface area contributed by atoms with Gasteiger partial charge in [0.15, 0.2) is 5.65 Å². The van der Waals surface area contributed by atoms with E-state index in [0.717, 1.165) is 0 Å². The minimum absolute atomic E-state index is 0.0239. The summed E-state index contributed by atoms with van der Waals surface area (Å²) < 4.78 is 9.11. The molecule has 3 aromatic heterocycles. The van der Waals surface area contributed by atoms with Gasteiger partial charge in [-0.05, 0) is 24.3 Å². The Morgan fingerprint density at radius 2 is 1.83 bits per heavy atom. The van der Waals surface area contributed by atoms with Gasteiger partial charge in [-0.25, -0.2) is 14.3 Å². The van der Waals surface area contributed by atoms with Crippen molar-refractivity contribution >= 4 is 22.5 Å². The first-order valence-corrected chi connectivity index (χ1v) is 8.96. The summed E-state index contributed by atoms with van der Waals surface area (Å²) in [7, 11) is 0. The van der Waals surface area contributed by atoms with Crippen molar-refractivity contribution in [2.75, 3.05) is 6.61 Å². The number of fused-ring (bicyclic) bond motifs is 2. The molecule has 0 aliphatic rings. The first-order valence-electron chi connectivity index (χ1n) is 8.96. The van der Waals surface area contributed by atoms with Crippen molar-refractivity contribution in [1.29, 1.82) is 0 Å². The fraction of sp³-hybridized carbons (Fsp3) is 0.211. The number of esters is 1. The van der Waals surface area contributed by atoms with Crippen LogP contribution in [0.25, 0.3) is 16.6 Å². The smallest absolute Gasteiger partial charge is 0.350 e. The maximum absolute atomic E-state index is 12.2. The van der Waals surface area contributed by atoms with Crippen molar-refractivity contribution in [3.8, 4) is 0 Å². The van der Waals surface area contributed by atoms with E-state index in [1.165, 1.54) is 13.6 Å². The molecular formula is C19H17N5O5. The first-order chi connectivity index (χ1) is 14.0. The molecular weight excluding hydrogens is 378 g/mol. The third-order valence-electron chi connectivity index (χ3n) is 4.50. The standard InChI is InChI=1S/C19H17N5O5/c25-16(29-12-11-24-19(28)23-9-4-3-7-15(23)21-24)8-10-22-14-6-2-1-5-13(14)17(26)20-18(22)27/h1-7,9H,8,10-12H2,(H,20,26,27). The Bertz CT molecular complexity index is 1380. The molecule has 0 radical (unpaired) electrons. The molecule has 10 nitrogen and oxygen atoms in total. The lowest BCUT2D eigenvalue weighted by Gasteiger charge is -2.09. The number of hydrogen-bond donors (Lipinski definition) is 1. The molecule has 148 valence electrons. The van der Waals surface area contributed by atoms with E-state index in [1.54, 1.807) is 48.7 Å². The number of pyridine rings is 1. The molecule has 0 fully saturated rings. The molecule has 3 heterocycles. The second-order valence-corrected chi connectivity index (χ2v) is 6.33. The second-order valence-electron chi connectivity index (χ2n) is 6.33. The Hall–Kier alpha value is -3.95. The number of carbonyl (C=O) groups is 1. The minimum atomic E-state index is -0.585. The summed E-state index contributed by atoms with van der Waals surface area (Å²) >= 11 is 0. The van der Waals surface area contributed by atoms with Crippen LogP contribution in [0.15, 0.2) is 63.0 Å². The fourth-order valence-corrected chi connectivity index (χ4v) is 3.10. The summed E-state index contributed by atoms with van der Waals surface area (Å²) in [4.78, 5) is 50.4. The van der Waals surface area contributed by atoms with Crippen LogP contribution in [0.4, 0.5) is 0 Å². The summed E-state index contributed by atoms with van der Waals surface area (Å²) in [6, 6.07) is 11.9. The Labute approximate surface area is 162 Å². The topological polar surface area (TPSA) is 120 Å². The zero-order valence-electron chi connectivity index (χ0n) is 15.3. The average molecular weight is 395 g/mol. The molecule has 0 amide bonds. The molecule has 4 aromatic rings. The Balaban J connectivity index is 1.39. The number of nitrogens with zero attached hydrogens (tertiary/aromatic N) is 4. The molecule has 0 saturated carbocycles. The first kappa shape index (κ1) is 18.4. The number of carbonyl (C=O) groups excluding carboxylic acids is 1. The van der Waals surface area contributed by atoms with Crippen LogP contribution in [-0.4, -0.2) is 36.3 Å². The number of H-pyrrole nitrogens is 1. The summed E-state index contributed by atoms with van der Waals surface area (Å²) in [5, 5.41) is 4.52.